The molecule has 2 N–H and O–H groups in total. The van der Waals surface area contributed by atoms with E-state index in [-0.39, 0.29) is 57.0 Å². The largest absolute Gasteiger partial charge is 2.00 e. The fraction of sp³-hybridized carbons (Fsp3) is 0.143. The number of benzene rings is 1. The fourth-order valence-corrected chi connectivity index (χ4v) is 0.867. The molecular weight excluding hydrogens is 318 g/mol. The van der Waals surface area contributed by atoms with E-state index in [1.807, 2.05) is 19.1 Å². The fourth-order valence-electron chi connectivity index (χ4n) is 0.645. The molecule has 64 valence electrons. The molecule has 0 aromatic heterocycles. The molecule has 0 heterocycles. The van der Waals surface area contributed by atoms with Gasteiger partial charge in [-0.2, -0.15) is 0 Å². The van der Waals surface area contributed by atoms with Gasteiger partial charge >= 0.3 is 23.1 Å². The number of nitrogen functional groups attached to an aromatic ring is 1. The number of aryl methyl sites for hydroxylation is 1. The van der Waals surface area contributed by atoms with Crippen LogP contribution < -0.4 is 39.7 Å². The van der Waals surface area contributed by atoms with Gasteiger partial charge in [0.25, 0.3) is 0 Å². The topological polar surface area (TPSA) is 26.0 Å². The molecule has 1 aromatic carbocycles. The van der Waals surface area contributed by atoms with Crippen LogP contribution in [0.2, 0.25) is 5.02 Å². The molecule has 0 amide bonds. The summed E-state index contributed by atoms with van der Waals surface area (Å²) in [6, 6.07) is 5.60. The van der Waals surface area contributed by atoms with Crippen LogP contribution in [0.15, 0.2) is 18.2 Å². The SMILES string of the molecule is Cc1cccc(Cl)c1N.[Br-].[Br-].[Mg+2]. The second-order valence-corrected chi connectivity index (χ2v) is 2.38. The summed E-state index contributed by atoms with van der Waals surface area (Å²) in [6.45, 7) is 1.93. The summed E-state index contributed by atoms with van der Waals surface area (Å²) in [5.74, 6) is 0. The van der Waals surface area contributed by atoms with Gasteiger partial charge in [-0.3, -0.25) is 0 Å². The first-order valence-electron chi connectivity index (χ1n) is 2.72. The Hall–Kier alpha value is 1.04. The van der Waals surface area contributed by atoms with Crippen LogP contribution in [0.4, 0.5) is 5.69 Å². The minimum absolute atomic E-state index is 0. The molecule has 0 saturated carbocycles. The Morgan fingerprint density at radius 2 is 1.75 bits per heavy atom. The molecule has 0 aliphatic rings. The Kier molecular flexibility index (Phi) is 13.5. The Labute approximate surface area is 115 Å². The van der Waals surface area contributed by atoms with Crippen molar-refractivity contribution in [3.8, 4) is 0 Å². The number of anilines is 1. The van der Waals surface area contributed by atoms with Crippen LogP contribution in [0.25, 0.3) is 0 Å². The number of halogens is 3. The van der Waals surface area contributed by atoms with Crippen molar-refractivity contribution in [1.29, 1.82) is 0 Å². The van der Waals surface area contributed by atoms with Gasteiger partial charge < -0.3 is 39.7 Å². The summed E-state index contributed by atoms with van der Waals surface area (Å²) < 4.78 is 0. The van der Waals surface area contributed by atoms with Crippen molar-refractivity contribution in [1.82, 2.24) is 0 Å². The summed E-state index contributed by atoms with van der Waals surface area (Å²) >= 11 is 5.69. The van der Waals surface area contributed by atoms with Crippen LogP contribution >= 0.6 is 11.6 Å². The first-order valence-corrected chi connectivity index (χ1v) is 3.10. The monoisotopic (exact) mass is 323 g/mol. The Morgan fingerprint density at radius 1 is 1.25 bits per heavy atom. The molecule has 0 radical (unpaired) electrons. The van der Waals surface area contributed by atoms with Crippen LogP contribution in [-0.2, 0) is 0 Å². The number of para-hydroxylation sites is 1. The molecule has 5 heteroatoms. The first kappa shape index (κ1) is 18.7. The van der Waals surface area contributed by atoms with Gasteiger partial charge in [0.15, 0.2) is 0 Å². The summed E-state index contributed by atoms with van der Waals surface area (Å²) in [6.07, 6.45) is 0. The molecule has 0 bridgehead atoms. The van der Waals surface area contributed by atoms with Crippen molar-refractivity contribution in [2.75, 3.05) is 5.73 Å². The number of rotatable bonds is 0. The maximum Gasteiger partial charge on any atom is 2.00 e. The van der Waals surface area contributed by atoms with E-state index < -0.39 is 0 Å². The van der Waals surface area contributed by atoms with Crippen molar-refractivity contribution < 1.29 is 34.0 Å². The number of nitrogens with two attached hydrogens (primary N) is 1. The molecular formula is C7H8Br2ClMgN. The van der Waals surface area contributed by atoms with Crippen LogP contribution in [0.3, 0.4) is 0 Å². The van der Waals surface area contributed by atoms with Gasteiger partial charge in [0, 0.05) is 0 Å². The van der Waals surface area contributed by atoms with E-state index in [4.69, 9.17) is 17.3 Å². The van der Waals surface area contributed by atoms with Gasteiger partial charge in [-0.25, -0.2) is 0 Å². The average Bonchev–Trinajstić information content (AvgIpc) is 1.83. The van der Waals surface area contributed by atoms with Crippen LogP contribution in [-0.4, -0.2) is 23.1 Å². The van der Waals surface area contributed by atoms with E-state index in [2.05, 4.69) is 0 Å². The number of hydrogen-bond acceptors (Lipinski definition) is 1. The van der Waals surface area contributed by atoms with E-state index in [1.165, 1.54) is 0 Å². The second kappa shape index (κ2) is 8.63. The van der Waals surface area contributed by atoms with Gasteiger partial charge in [0.1, 0.15) is 0 Å². The predicted molar refractivity (Wildman–Crippen MR) is 46.4 cm³/mol. The van der Waals surface area contributed by atoms with Gasteiger partial charge in [-0.1, -0.05) is 23.7 Å². The minimum atomic E-state index is 0. The van der Waals surface area contributed by atoms with E-state index in [0.717, 1.165) is 5.56 Å². The molecule has 12 heavy (non-hydrogen) atoms. The van der Waals surface area contributed by atoms with Crippen molar-refractivity contribution in [3.63, 3.8) is 0 Å². The molecule has 1 rings (SSSR count). The first-order chi connectivity index (χ1) is 4.22. The van der Waals surface area contributed by atoms with Gasteiger partial charge in [-0.15, -0.1) is 0 Å². The zero-order valence-corrected chi connectivity index (χ0v) is 12.0. The second-order valence-electron chi connectivity index (χ2n) is 1.97. The third-order valence-electron chi connectivity index (χ3n) is 1.27. The van der Waals surface area contributed by atoms with E-state index >= 15 is 0 Å². The molecule has 0 saturated heterocycles. The maximum absolute atomic E-state index is 5.69. The molecule has 0 unspecified atom stereocenters. The zero-order chi connectivity index (χ0) is 6.85. The van der Waals surface area contributed by atoms with Crippen molar-refractivity contribution in [2.24, 2.45) is 0 Å². The molecule has 0 fully saturated rings. The molecule has 1 aromatic rings. The van der Waals surface area contributed by atoms with Gasteiger partial charge in [0.2, 0.25) is 0 Å². The molecule has 0 aliphatic carbocycles. The third-order valence-corrected chi connectivity index (χ3v) is 1.60. The van der Waals surface area contributed by atoms with Crippen LogP contribution in [0.5, 0.6) is 0 Å². The molecule has 0 atom stereocenters. The minimum Gasteiger partial charge on any atom is -1.00 e. The Balaban J connectivity index is -0.000000270. The Morgan fingerprint density at radius 3 is 2.08 bits per heavy atom. The predicted octanol–water partition coefficient (Wildman–Crippen LogP) is -4.14. The third kappa shape index (κ3) is 4.92. The van der Waals surface area contributed by atoms with E-state index in [9.17, 15) is 0 Å². The van der Waals surface area contributed by atoms with Crippen LogP contribution in [0, 0.1) is 6.92 Å². The maximum atomic E-state index is 5.69. The quantitative estimate of drug-likeness (QED) is 0.380. The normalized spacial score (nSPS) is 7.17. The van der Waals surface area contributed by atoms with Crippen molar-refractivity contribution >= 4 is 40.3 Å². The average molecular weight is 326 g/mol. The van der Waals surface area contributed by atoms with Crippen molar-refractivity contribution in [2.45, 2.75) is 6.92 Å². The zero-order valence-electron chi connectivity index (χ0n) is 6.65. The summed E-state index contributed by atoms with van der Waals surface area (Å²) in [7, 11) is 0. The van der Waals surface area contributed by atoms with Gasteiger partial charge in [0.05, 0.1) is 10.7 Å². The standard InChI is InChI=1S/C7H8ClN.2BrH.Mg/c1-5-3-2-4-6(8)7(5)9;;;/h2-4H,9H2,1H3;2*1H;/q;;;+2/p-2. The molecule has 1 nitrogen and oxygen atoms in total. The van der Waals surface area contributed by atoms with E-state index in [1.54, 1.807) is 6.07 Å². The smallest absolute Gasteiger partial charge is 1.00 e. The van der Waals surface area contributed by atoms with Crippen LogP contribution in [0.1, 0.15) is 5.56 Å². The summed E-state index contributed by atoms with van der Waals surface area (Å²) in [5, 5.41) is 0.634. The summed E-state index contributed by atoms with van der Waals surface area (Å²) in [5.41, 5.74) is 7.26. The Bertz CT molecular complexity index is 212. The number of hydrogen-bond donors (Lipinski definition) is 1. The van der Waals surface area contributed by atoms with Gasteiger partial charge in [-0.05, 0) is 18.6 Å². The van der Waals surface area contributed by atoms with E-state index in [0.29, 0.717) is 10.7 Å². The molecule has 0 aliphatic heterocycles. The molecule has 0 spiro atoms. The van der Waals surface area contributed by atoms with Crippen molar-refractivity contribution in [3.05, 3.63) is 28.8 Å². The summed E-state index contributed by atoms with van der Waals surface area (Å²) in [4.78, 5) is 0.